The van der Waals surface area contributed by atoms with Crippen molar-refractivity contribution in [3.8, 4) is 11.5 Å². The lowest BCUT2D eigenvalue weighted by molar-refractivity contribution is 0.304. The van der Waals surface area contributed by atoms with Crippen LogP contribution in [-0.4, -0.2) is 17.9 Å². The Morgan fingerprint density at radius 2 is 1.62 bits per heavy atom. The number of para-hydroxylation sites is 2. The van der Waals surface area contributed by atoms with Crippen LogP contribution >= 0.6 is 0 Å². The van der Waals surface area contributed by atoms with Crippen LogP contribution in [0.15, 0.2) is 53.5 Å². The Kier molecular flexibility index (Phi) is 7.88. The molecule has 0 amide bonds. The molecule has 0 aliphatic rings. The number of nitrogens with zero attached hydrogens (tertiary/aromatic N) is 1. The molecule has 0 aromatic heterocycles. The van der Waals surface area contributed by atoms with Crippen LogP contribution in [-0.2, 0) is 0 Å². The van der Waals surface area contributed by atoms with Gasteiger partial charge in [0.15, 0.2) is 0 Å². The molecule has 0 radical (unpaired) electrons. The van der Waals surface area contributed by atoms with Crippen LogP contribution in [0.4, 0.5) is 5.69 Å². The van der Waals surface area contributed by atoms with Crippen LogP contribution in [0.25, 0.3) is 0 Å². The Morgan fingerprint density at radius 3 is 2.38 bits per heavy atom. The second-order valence-electron chi connectivity index (χ2n) is 5.93. The third-order valence-corrected chi connectivity index (χ3v) is 3.88. The molecule has 0 saturated heterocycles. The van der Waals surface area contributed by atoms with Crippen molar-refractivity contribution in [3.05, 3.63) is 54.1 Å². The van der Waals surface area contributed by atoms with Crippen molar-refractivity contribution >= 4 is 11.9 Å². The Balaban J connectivity index is 1.74. The second-order valence-corrected chi connectivity index (χ2v) is 5.93. The molecule has 1 N–H and O–H groups in total. The summed E-state index contributed by atoms with van der Waals surface area (Å²) in [7, 11) is 0. The lowest BCUT2D eigenvalue weighted by atomic mass is 10.1. The minimum atomic E-state index is 0.188. The molecule has 128 valence electrons. The van der Waals surface area contributed by atoms with Crippen molar-refractivity contribution in [2.75, 3.05) is 6.61 Å². The van der Waals surface area contributed by atoms with E-state index in [9.17, 15) is 5.11 Å². The quantitative estimate of drug-likeness (QED) is 0.437. The summed E-state index contributed by atoms with van der Waals surface area (Å²) in [6, 6.07) is 14.9. The van der Waals surface area contributed by atoms with Gasteiger partial charge in [-0.2, -0.15) is 0 Å². The summed E-state index contributed by atoms with van der Waals surface area (Å²) in [5.74, 6) is 1.08. The molecule has 0 atom stereocenters. The van der Waals surface area contributed by atoms with Gasteiger partial charge in [-0.3, -0.25) is 4.99 Å². The fourth-order valence-electron chi connectivity index (χ4n) is 2.44. The molecule has 3 nitrogen and oxygen atoms in total. The van der Waals surface area contributed by atoms with Crippen LogP contribution < -0.4 is 4.74 Å². The monoisotopic (exact) mass is 325 g/mol. The van der Waals surface area contributed by atoms with Gasteiger partial charge in [0.1, 0.15) is 17.2 Å². The molecular weight excluding hydrogens is 298 g/mol. The first kappa shape index (κ1) is 18.1. The molecule has 2 aromatic rings. The predicted molar refractivity (Wildman–Crippen MR) is 101 cm³/mol. The van der Waals surface area contributed by atoms with Gasteiger partial charge in [-0.15, -0.1) is 0 Å². The number of phenols is 1. The number of benzene rings is 2. The lowest BCUT2D eigenvalue weighted by Gasteiger charge is -2.06. The maximum absolute atomic E-state index is 9.69. The third kappa shape index (κ3) is 6.45. The highest BCUT2D eigenvalue weighted by Gasteiger charge is 1.97. The van der Waals surface area contributed by atoms with Gasteiger partial charge >= 0.3 is 0 Å². The summed E-state index contributed by atoms with van der Waals surface area (Å²) in [6.45, 7) is 3.01. The van der Waals surface area contributed by atoms with Crippen molar-refractivity contribution in [2.24, 2.45) is 4.99 Å². The van der Waals surface area contributed by atoms with E-state index in [1.54, 1.807) is 24.4 Å². The van der Waals surface area contributed by atoms with Gasteiger partial charge in [0.25, 0.3) is 0 Å². The van der Waals surface area contributed by atoms with E-state index >= 15 is 0 Å². The summed E-state index contributed by atoms with van der Waals surface area (Å²) >= 11 is 0. The van der Waals surface area contributed by atoms with Gasteiger partial charge < -0.3 is 9.84 Å². The number of aliphatic imine (C=N–C) groups is 1. The van der Waals surface area contributed by atoms with E-state index in [0.29, 0.717) is 5.69 Å². The van der Waals surface area contributed by atoms with Gasteiger partial charge in [0.2, 0.25) is 0 Å². The number of rotatable bonds is 10. The van der Waals surface area contributed by atoms with E-state index in [1.165, 1.54) is 32.1 Å². The van der Waals surface area contributed by atoms with Crippen molar-refractivity contribution in [1.29, 1.82) is 0 Å². The summed E-state index contributed by atoms with van der Waals surface area (Å²) in [5.41, 5.74) is 1.55. The topological polar surface area (TPSA) is 41.8 Å². The van der Waals surface area contributed by atoms with E-state index < -0.39 is 0 Å². The van der Waals surface area contributed by atoms with Gasteiger partial charge in [0.05, 0.1) is 6.61 Å². The van der Waals surface area contributed by atoms with Gasteiger partial charge in [-0.05, 0) is 48.4 Å². The van der Waals surface area contributed by atoms with Crippen molar-refractivity contribution in [2.45, 2.75) is 45.4 Å². The zero-order valence-electron chi connectivity index (χ0n) is 14.4. The van der Waals surface area contributed by atoms with Crippen LogP contribution in [0.1, 0.15) is 51.0 Å². The van der Waals surface area contributed by atoms with Gasteiger partial charge in [-0.25, -0.2) is 0 Å². The zero-order chi connectivity index (χ0) is 17.0. The average molecular weight is 325 g/mol. The minimum Gasteiger partial charge on any atom is -0.506 e. The molecule has 2 rings (SSSR count). The SMILES string of the molecule is CCCCCCCCOc1ccc(C=Nc2ccccc2O)cc1. The maximum atomic E-state index is 9.69. The highest BCUT2D eigenvalue weighted by molar-refractivity contribution is 5.82. The smallest absolute Gasteiger partial charge is 0.141 e. The second kappa shape index (κ2) is 10.5. The fourth-order valence-corrected chi connectivity index (χ4v) is 2.44. The molecule has 0 fully saturated rings. The van der Waals surface area contributed by atoms with E-state index in [4.69, 9.17) is 4.74 Å². The first-order chi connectivity index (χ1) is 11.8. The molecule has 0 saturated carbocycles. The summed E-state index contributed by atoms with van der Waals surface area (Å²) < 4.78 is 5.76. The van der Waals surface area contributed by atoms with E-state index in [2.05, 4.69) is 11.9 Å². The van der Waals surface area contributed by atoms with E-state index in [0.717, 1.165) is 24.3 Å². The number of aromatic hydroxyl groups is 1. The molecule has 0 unspecified atom stereocenters. The normalized spacial score (nSPS) is 11.0. The van der Waals surface area contributed by atoms with Crippen LogP contribution in [0.5, 0.6) is 11.5 Å². The van der Waals surface area contributed by atoms with Gasteiger partial charge in [0, 0.05) is 6.21 Å². The predicted octanol–water partition coefficient (Wildman–Crippen LogP) is 5.88. The lowest BCUT2D eigenvalue weighted by Crippen LogP contribution is -1.97. The Morgan fingerprint density at radius 1 is 0.917 bits per heavy atom. The molecule has 2 aromatic carbocycles. The Labute approximate surface area is 145 Å². The van der Waals surface area contributed by atoms with Crippen molar-refractivity contribution in [1.82, 2.24) is 0 Å². The number of hydrogen-bond donors (Lipinski definition) is 1. The summed E-state index contributed by atoms with van der Waals surface area (Å²) in [4.78, 5) is 4.30. The van der Waals surface area contributed by atoms with Crippen LogP contribution in [0, 0.1) is 0 Å². The average Bonchev–Trinajstić information content (AvgIpc) is 2.61. The first-order valence-corrected chi connectivity index (χ1v) is 8.84. The number of unbranched alkanes of at least 4 members (excludes halogenated alkanes) is 5. The van der Waals surface area contributed by atoms with Gasteiger partial charge in [-0.1, -0.05) is 51.2 Å². The number of hydrogen-bond acceptors (Lipinski definition) is 3. The molecule has 0 bridgehead atoms. The highest BCUT2D eigenvalue weighted by atomic mass is 16.5. The largest absolute Gasteiger partial charge is 0.506 e. The maximum Gasteiger partial charge on any atom is 0.141 e. The summed E-state index contributed by atoms with van der Waals surface area (Å²) in [5, 5.41) is 9.69. The standard InChI is InChI=1S/C21H27NO2/c1-2-3-4-5-6-9-16-24-19-14-12-18(13-15-19)17-22-20-10-7-8-11-21(20)23/h7-8,10-15,17,23H,2-6,9,16H2,1H3. The molecule has 0 heterocycles. The molecule has 0 aliphatic carbocycles. The van der Waals surface area contributed by atoms with Crippen LogP contribution in [0.2, 0.25) is 0 Å². The Hall–Kier alpha value is -2.29. The highest BCUT2D eigenvalue weighted by Crippen LogP contribution is 2.24. The van der Waals surface area contributed by atoms with E-state index in [-0.39, 0.29) is 5.75 Å². The molecule has 0 aliphatic heterocycles. The molecular formula is C21H27NO2. The Bertz CT molecular complexity index is 620. The fraction of sp³-hybridized carbons (Fsp3) is 0.381. The van der Waals surface area contributed by atoms with Crippen molar-refractivity contribution in [3.63, 3.8) is 0 Å². The van der Waals surface area contributed by atoms with Crippen LogP contribution in [0.3, 0.4) is 0 Å². The first-order valence-electron chi connectivity index (χ1n) is 8.84. The molecule has 3 heteroatoms. The zero-order valence-corrected chi connectivity index (χ0v) is 14.4. The summed E-state index contributed by atoms with van der Waals surface area (Å²) in [6.07, 6.45) is 9.36. The minimum absolute atomic E-state index is 0.188. The van der Waals surface area contributed by atoms with Crippen molar-refractivity contribution < 1.29 is 9.84 Å². The molecule has 0 spiro atoms. The molecule has 24 heavy (non-hydrogen) atoms. The van der Waals surface area contributed by atoms with E-state index in [1.807, 2.05) is 30.3 Å². The third-order valence-electron chi connectivity index (χ3n) is 3.88. The number of phenolic OH excluding ortho intramolecular Hbond substituents is 1. The number of ether oxygens (including phenoxy) is 1.